The number of halogens is 2. The third-order valence-corrected chi connectivity index (χ3v) is 4.42. The molecule has 1 saturated heterocycles. The van der Waals surface area contributed by atoms with Crippen LogP contribution in [0.3, 0.4) is 0 Å². The highest BCUT2D eigenvalue weighted by atomic mass is 127. The topological polar surface area (TPSA) is 74.2 Å². The first kappa shape index (κ1) is 23.6. The Balaban J connectivity index is 0.00000364. The average molecular weight is 493 g/mol. The lowest BCUT2D eigenvalue weighted by molar-refractivity contribution is -0.149. The number of piperidine rings is 1. The Bertz CT molecular complexity index is 605. The lowest BCUT2D eigenvalue weighted by Crippen LogP contribution is -2.47. The van der Waals surface area contributed by atoms with Gasteiger partial charge >= 0.3 is 5.97 Å². The van der Waals surface area contributed by atoms with E-state index >= 15 is 0 Å². The summed E-state index contributed by atoms with van der Waals surface area (Å²) in [6.07, 6.45) is 0.661. The maximum Gasteiger partial charge on any atom is 0.309 e. The molecule has 2 rings (SSSR count). The lowest BCUT2D eigenvalue weighted by atomic mass is 9.97. The summed E-state index contributed by atoms with van der Waals surface area (Å²) in [7, 11) is 0. The Kier molecular flexibility index (Phi) is 10.6. The molecule has 0 aliphatic carbocycles. The molecule has 0 radical (unpaired) electrons. The van der Waals surface area contributed by atoms with E-state index in [9.17, 15) is 14.3 Å². The van der Waals surface area contributed by atoms with E-state index in [1.165, 1.54) is 12.1 Å². The summed E-state index contributed by atoms with van der Waals surface area (Å²) in [5.74, 6) is 0.206. The molecule has 6 nitrogen and oxygen atoms in total. The number of esters is 1. The van der Waals surface area contributed by atoms with Crippen molar-refractivity contribution in [3.05, 3.63) is 35.6 Å². The number of aliphatic hydroxyl groups excluding tert-OH is 1. The van der Waals surface area contributed by atoms with Gasteiger partial charge in [-0.3, -0.25) is 9.79 Å². The van der Waals surface area contributed by atoms with Crippen molar-refractivity contribution in [1.82, 2.24) is 10.2 Å². The number of hydrogen-bond acceptors (Lipinski definition) is 4. The number of carbonyl (C=O) groups excluding carboxylic acids is 1. The summed E-state index contributed by atoms with van der Waals surface area (Å²) in [6, 6.07) is 5.78. The minimum atomic E-state index is -0.790. The van der Waals surface area contributed by atoms with Crippen molar-refractivity contribution in [2.45, 2.75) is 32.8 Å². The molecule has 1 aromatic rings. The van der Waals surface area contributed by atoms with Gasteiger partial charge in [0.25, 0.3) is 0 Å². The third kappa shape index (κ3) is 7.25. The van der Waals surface area contributed by atoms with E-state index in [0.29, 0.717) is 31.8 Å². The minimum Gasteiger partial charge on any atom is -0.466 e. The molecule has 8 heteroatoms. The fraction of sp³-hybridized carbons (Fsp3) is 0.579. The van der Waals surface area contributed by atoms with E-state index < -0.39 is 6.10 Å². The SMILES string of the molecule is CCNC(=NCC(O)c1ccc(F)cc1)N1CCC(C(=O)OCC)CC1.I. The van der Waals surface area contributed by atoms with Crippen LogP contribution in [0.25, 0.3) is 0 Å². The van der Waals surface area contributed by atoms with Crippen LogP contribution in [-0.4, -0.2) is 54.7 Å². The number of rotatable bonds is 6. The first-order valence-corrected chi connectivity index (χ1v) is 9.18. The van der Waals surface area contributed by atoms with E-state index in [1.54, 1.807) is 12.1 Å². The molecule has 0 saturated carbocycles. The van der Waals surface area contributed by atoms with E-state index in [2.05, 4.69) is 15.2 Å². The summed E-state index contributed by atoms with van der Waals surface area (Å²) >= 11 is 0. The molecule has 1 atom stereocenters. The minimum absolute atomic E-state index is 0. The van der Waals surface area contributed by atoms with Gasteiger partial charge in [-0.25, -0.2) is 4.39 Å². The van der Waals surface area contributed by atoms with Crippen molar-refractivity contribution < 1.29 is 19.0 Å². The van der Waals surface area contributed by atoms with Crippen molar-refractivity contribution in [2.24, 2.45) is 10.9 Å². The number of nitrogens with one attached hydrogen (secondary N) is 1. The summed E-state index contributed by atoms with van der Waals surface area (Å²) < 4.78 is 18.1. The molecule has 1 unspecified atom stereocenters. The van der Waals surface area contributed by atoms with Gasteiger partial charge in [-0.1, -0.05) is 12.1 Å². The lowest BCUT2D eigenvalue weighted by Gasteiger charge is -2.33. The Labute approximate surface area is 177 Å². The van der Waals surface area contributed by atoms with Gasteiger partial charge in [-0.05, 0) is 44.4 Å². The van der Waals surface area contributed by atoms with E-state index in [0.717, 1.165) is 18.8 Å². The maximum atomic E-state index is 13.0. The van der Waals surface area contributed by atoms with Crippen LogP contribution in [0.15, 0.2) is 29.3 Å². The molecule has 2 N–H and O–H groups in total. The highest BCUT2D eigenvalue weighted by molar-refractivity contribution is 14.0. The predicted octanol–water partition coefficient (Wildman–Crippen LogP) is 2.72. The van der Waals surface area contributed by atoms with Gasteiger partial charge in [0.1, 0.15) is 5.82 Å². The number of guanidine groups is 1. The highest BCUT2D eigenvalue weighted by Gasteiger charge is 2.27. The van der Waals surface area contributed by atoms with Gasteiger partial charge in [0.15, 0.2) is 5.96 Å². The van der Waals surface area contributed by atoms with E-state index in [-0.39, 0.29) is 48.2 Å². The summed E-state index contributed by atoms with van der Waals surface area (Å²) in [5, 5.41) is 13.5. The first-order chi connectivity index (χ1) is 12.5. The van der Waals surface area contributed by atoms with Crippen LogP contribution in [0.2, 0.25) is 0 Å². The zero-order chi connectivity index (χ0) is 18.9. The number of benzene rings is 1. The van der Waals surface area contributed by atoms with Crippen molar-refractivity contribution in [2.75, 3.05) is 32.8 Å². The van der Waals surface area contributed by atoms with Gasteiger partial charge in [0.05, 0.1) is 25.2 Å². The number of aliphatic imine (C=N–C) groups is 1. The number of likely N-dealkylation sites (tertiary alicyclic amines) is 1. The summed E-state index contributed by atoms with van der Waals surface area (Å²) in [5.41, 5.74) is 0.631. The molecule has 1 aliphatic rings. The molecule has 0 spiro atoms. The van der Waals surface area contributed by atoms with Crippen LogP contribution >= 0.6 is 24.0 Å². The monoisotopic (exact) mass is 493 g/mol. The van der Waals surface area contributed by atoms with Crippen LogP contribution in [0.4, 0.5) is 4.39 Å². The average Bonchev–Trinajstić information content (AvgIpc) is 2.66. The van der Waals surface area contributed by atoms with E-state index in [1.807, 2.05) is 13.8 Å². The molecular formula is C19H29FIN3O3. The number of aliphatic hydroxyl groups is 1. The second-order valence-electron chi connectivity index (χ2n) is 6.28. The predicted molar refractivity (Wildman–Crippen MR) is 114 cm³/mol. The normalized spacial score (nSPS) is 16.4. The van der Waals surface area contributed by atoms with Gasteiger partial charge in [0, 0.05) is 19.6 Å². The van der Waals surface area contributed by atoms with Gasteiger partial charge < -0.3 is 20.1 Å². The molecule has 1 fully saturated rings. The Morgan fingerprint density at radius 2 is 1.96 bits per heavy atom. The second-order valence-corrected chi connectivity index (χ2v) is 6.28. The van der Waals surface area contributed by atoms with Crippen LogP contribution in [0.1, 0.15) is 38.4 Å². The van der Waals surface area contributed by atoms with Crippen molar-refractivity contribution >= 4 is 35.9 Å². The van der Waals surface area contributed by atoms with Crippen molar-refractivity contribution in [1.29, 1.82) is 0 Å². The zero-order valence-corrected chi connectivity index (χ0v) is 18.2. The molecule has 27 heavy (non-hydrogen) atoms. The summed E-state index contributed by atoms with van der Waals surface area (Å²) in [4.78, 5) is 18.5. The molecule has 152 valence electrons. The number of hydrogen-bond donors (Lipinski definition) is 2. The standard InChI is InChI=1S/C19H28FN3O3.HI/c1-3-21-19(22-13-17(24)14-5-7-16(20)8-6-14)23-11-9-15(10-12-23)18(25)26-4-2;/h5-8,15,17,24H,3-4,9-13H2,1-2H3,(H,21,22);1H. The maximum absolute atomic E-state index is 13.0. The van der Waals surface area contributed by atoms with Crippen LogP contribution in [0, 0.1) is 11.7 Å². The summed E-state index contributed by atoms with van der Waals surface area (Å²) in [6.45, 7) is 6.52. The quantitative estimate of drug-likeness (QED) is 0.276. The molecule has 1 aromatic carbocycles. The van der Waals surface area contributed by atoms with Gasteiger partial charge in [-0.2, -0.15) is 0 Å². The van der Waals surface area contributed by atoms with E-state index in [4.69, 9.17) is 4.74 Å². The Morgan fingerprint density at radius 1 is 1.33 bits per heavy atom. The van der Waals surface area contributed by atoms with Crippen molar-refractivity contribution in [3.8, 4) is 0 Å². The molecule has 0 aromatic heterocycles. The molecule has 0 amide bonds. The smallest absolute Gasteiger partial charge is 0.309 e. The fourth-order valence-electron chi connectivity index (χ4n) is 2.98. The van der Waals surface area contributed by atoms with Crippen LogP contribution in [0.5, 0.6) is 0 Å². The Hall–Kier alpha value is -1.42. The first-order valence-electron chi connectivity index (χ1n) is 9.18. The van der Waals surface area contributed by atoms with Crippen LogP contribution < -0.4 is 5.32 Å². The number of carbonyl (C=O) groups is 1. The second kappa shape index (κ2) is 12.1. The van der Waals surface area contributed by atoms with Gasteiger partial charge in [0.2, 0.25) is 0 Å². The number of ether oxygens (including phenoxy) is 1. The van der Waals surface area contributed by atoms with Gasteiger partial charge in [-0.15, -0.1) is 24.0 Å². The van der Waals surface area contributed by atoms with Crippen molar-refractivity contribution in [3.63, 3.8) is 0 Å². The third-order valence-electron chi connectivity index (χ3n) is 4.42. The zero-order valence-electron chi connectivity index (χ0n) is 15.9. The largest absolute Gasteiger partial charge is 0.466 e. The highest BCUT2D eigenvalue weighted by Crippen LogP contribution is 2.19. The molecule has 0 bridgehead atoms. The Morgan fingerprint density at radius 3 is 2.52 bits per heavy atom. The van der Waals surface area contributed by atoms with Crippen LogP contribution in [-0.2, 0) is 9.53 Å². The fourth-order valence-corrected chi connectivity index (χ4v) is 2.98. The number of nitrogens with zero attached hydrogens (tertiary/aromatic N) is 2. The molecule has 1 heterocycles. The molecule has 1 aliphatic heterocycles. The molecular weight excluding hydrogens is 464 g/mol.